The maximum absolute atomic E-state index is 5.86. The van der Waals surface area contributed by atoms with Gasteiger partial charge in [0.25, 0.3) is 5.88 Å². The van der Waals surface area contributed by atoms with E-state index in [4.69, 9.17) is 22.1 Å². The fraction of sp³-hybridized carbons (Fsp3) is 0.182. The van der Waals surface area contributed by atoms with Gasteiger partial charge in [0.2, 0.25) is 0 Å². The number of anilines is 1. The molecule has 0 aliphatic rings. The number of hydrogen-bond donors (Lipinski definition) is 1. The molecule has 0 saturated heterocycles. The van der Waals surface area contributed by atoms with Crippen molar-refractivity contribution >= 4 is 17.3 Å². The molecule has 0 atom stereocenters. The molecule has 4 nitrogen and oxygen atoms in total. The zero-order valence-corrected chi connectivity index (χ0v) is 9.61. The predicted molar refractivity (Wildman–Crippen MR) is 63.4 cm³/mol. The van der Waals surface area contributed by atoms with Crippen LogP contribution in [0, 0.1) is 0 Å². The summed E-state index contributed by atoms with van der Waals surface area (Å²) < 4.78 is 7.10. The van der Waals surface area contributed by atoms with Crippen LogP contribution >= 0.6 is 11.6 Å². The van der Waals surface area contributed by atoms with Crippen molar-refractivity contribution < 1.29 is 4.74 Å². The summed E-state index contributed by atoms with van der Waals surface area (Å²) in [4.78, 5) is 0. The highest BCUT2D eigenvalue weighted by Gasteiger charge is 2.05. The highest BCUT2D eigenvalue weighted by atomic mass is 35.5. The predicted octanol–water partition coefficient (Wildman–Crippen LogP) is 2.23. The van der Waals surface area contributed by atoms with E-state index in [9.17, 15) is 0 Å². The normalized spacial score (nSPS) is 10.4. The molecule has 84 valence electrons. The van der Waals surface area contributed by atoms with E-state index in [-0.39, 0.29) is 0 Å². The van der Waals surface area contributed by atoms with Gasteiger partial charge in [-0.3, -0.25) is 4.68 Å². The maximum atomic E-state index is 5.86. The lowest BCUT2D eigenvalue weighted by molar-refractivity contribution is 0.292. The first-order valence-corrected chi connectivity index (χ1v) is 5.19. The Morgan fingerprint density at radius 2 is 2.31 bits per heavy atom. The number of rotatable bonds is 3. The number of halogens is 1. The summed E-state index contributed by atoms with van der Waals surface area (Å²) in [7, 11) is 1.79. The lowest BCUT2D eigenvalue weighted by Crippen LogP contribution is -1.98. The van der Waals surface area contributed by atoms with Crippen molar-refractivity contribution in [2.75, 3.05) is 5.73 Å². The molecule has 2 N–H and O–H groups in total. The van der Waals surface area contributed by atoms with Crippen LogP contribution < -0.4 is 10.5 Å². The number of aryl methyl sites for hydroxylation is 1. The van der Waals surface area contributed by atoms with E-state index in [1.807, 2.05) is 24.3 Å². The molecule has 0 amide bonds. The van der Waals surface area contributed by atoms with Crippen LogP contribution in [0.5, 0.6) is 5.88 Å². The number of ether oxygens (including phenoxy) is 1. The second-order valence-electron chi connectivity index (χ2n) is 3.48. The Morgan fingerprint density at radius 3 is 2.94 bits per heavy atom. The molecule has 0 unspecified atom stereocenters. The van der Waals surface area contributed by atoms with Gasteiger partial charge in [0, 0.05) is 12.1 Å². The Hall–Kier alpha value is -1.68. The molecule has 2 rings (SSSR count). The van der Waals surface area contributed by atoms with Crippen molar-refractivity contribution in [3.63, 3.8) is 0 Å². The topological polar surface area (TPSA) is 53.1 Å². The summed E-state index contributed by atoms with van der Waals surface area (Å²) in [6, 6.07) is 7.48. The van der Waals surface area contributed by atoms with Crippen LogP contribution in [0.2, 0.25) is 5.02 Å². The molecule has 1 heterocycles. The lowest BCUT2D eigenvalue weighted by atomic mass is 10.2. The second-order valence-corrected chi connectivity index (χ2v) is 3.92. The van der Waals surface area contributed by atoms with E-state index in [2.05, 4.69) is 5.10 Å². The zero-order valence-electron chi connectivity index (χ0n) is 8.85. The number of nitrogens with two attached hydrogens (primary N) is 1. The molecule has 0 aliphatic carbocycles. The lowest BCUT2D eigenvalue weighted by Gasteiger charge is -2.04. The van der Waals surface area contributed by atoms with Crippen LogP contribution in [0.1, 0.15) is 5.56 Å². The number of nitrogens with zero attached hydrogens (tertiary/aromatic N) is 2. The Kier molecular flexibility index (Phi) is 3.01. The number of nitrogen functional groups attached to an aromatic ring is 1. The van der Waals surface area contributed by atoms with Gasteiger partial charge >= 0.3 is 0 Å². The van der Waals surface area contributed by atoms with E-state index in [0.717, 1.165) is 5.56 Å². The van der Waals surface area contributed by atoms with E-state index in [0.29, 0.717) is 23.2 Å². The molecule has 1 aromatic heterocycles. The molecule has 1 aromatic carbocycles. The molecule has 2 aromatic rings. The Balaban J connectivity index is 2.05. The van der Waals surface area contributed by atoms with Gasteiger partial charge < -0.3 is 10.5 Å². The quantitative estimate of drug-likeness (QED) is 0.891. The summed E-state index contributed by atoms with van der Waals surface area (Å²) in [5, 5.41) is 4.77. The molecule has 0 fully saturated rings. The molecular weight excluding hydrogens is 226 g/mol. The first-order chi connectivity index (χ1) is 7.65. The van der Waals surface area contributed by atoms with E-state index in [1.54, 1.807) is 17.9 Å². The monoisotopic (exact) mass is 237 g/mol. The molecule has 5 heteroatoms. The average Bonchev–Trinajstić information content (AvgIpc) is 2.54. The maximum Gasteiger partial charge on any atom is 0.256 e. The minimum atomic E-state index is 0.405. The Morgan fingerprint density at radius 1 is 1.50 bits per heavy atom. The molecule has 16 heavy (non-hydrogen) atoms. The minimum absolute atomic E-state index is 0.405. The molecule has 0 bridgehead atoms. The van der Waals surface area contributed by atoms with Crippen molar-refractivity contribution in [1.82, 2.24) is 9.78 Å². The smallest absolute Gasteiger partial charge is 0.256 e. The van der Waals surface area contributed by atoms with Crippen LogP contribution in [0.25, 0.3) is 0 Å². The van der Waals surface area contributed by atoms with Crippen LogP contribution in [0.4, 0.5) is 5.69 Å². The standard InChI is InChI=1S/C11H12ClN3O/c1-15-6-10(13)11(14-15)16-7-8-3-2-4-9(12)5-8/h2-6H,7,13H2,1H3. The van der Waals surface area contributed by atoms with Crippen LogP contribution in [-0.2, 0) is 13.7 Å². The molecular formula is C11H12ClN3O. The fourth-order valence-corrected chi connectivity index (χ4v) is 1.59. The number of aromatic nitrogens is 2. The zero-order chi connectivity index (χ0) is 11.5. The minimum Gasteiger partial charge on any atom is -0.470 e. The molecule has 0 saturated carbocycles. The van der Waals surface area contributed by atoms with Gasteiger partial charge in [-0.2, -0.15) is 0 Å². The van der Waals surface area contributed by atoms with Crippen LogP contribution in [-0.4, -0.2) is 9.78 Å². The Labute approximate surface area is 98.6 Å². The van der Waals surface area contributed by atoms with Crippen molar-refractivity contribution in [3.05, 3.63) is 41.0 Å². The summed E-state index contributed by atoms with van der Waals surface area (Å²) in [5.41, 5.74) is 7.22. The SMILES string of the molecule is Cn1cc(N)c(OCc2cccc(Cl)c2)n1. The number of benzene rings is 1. The summed E-state index contributed by atoms with van der Waals surface area (Å²) >= 11 is 5.86. The van der Waals surface area contributed by atoms with Crippen LogP contribution in [0.15, 0.2) is 30.5 Å². The molecule has 0 radical (unpaired) electrons. The number of hydrogen-bond acceptors (Lipinski definition) is 3. The highest BCUT2D eigenvalue weighted by molar-refractivity contribution is 6.30. The largest absolute Gasteiger partial charge is 0.470 e. The van der Waals surface area contributed by atoms with Gasteiger partial charge in [-0.25, -0.2) is 0 Å². The van der Waals surface area contributed by atoms with Gasteiger partial charge in [-0.05, 0) is 17.7 Å². The summed E-state index contributed by atoms with van der Waals surface area (Å²) in [6.07, 6.45) is 1.70. The van der Waals surface area contributed by atoms with Crippen LogP contribution in [0.3, 0.4) is 0 Å². The van der Waals surface area contributed by atoms with Crippen molar-refractivity contribution in [2.24, 2.45) is 7.05 Å². The van der Waals surface area contributed by atoms with Crippen molar-refractivity contribution in [2.45, 2.75) is 6.61 Å². The van der Waals surface area contributed by atoms with Crippen molar-refractivity contribution in [3.8, 4) is 5.88 Å². The van der Waals surface area contributed by atoms with E-state index in [1.165, 1.54) is 0 Å². The second kappa shape index (κ2) is 4.45. The van der Waals surface area contributed by atoms with Gasteiger partial charge in [0.1, 0.15) is 12.3 Å². The first-order valence-electron chi connectivity index (χ1n) is 4.81. The third-order valence-electron chi connectivity index (χ3n) is 2.09. The fourth-order valence-electron chi connectivity index (χ4n) is 1.38. The third-order valence-corrected chi connectivity index (χ3v) is 2.32. The molecule has 0 spiro atoms. The highest BCUT2D eigenvalue weighted by Crippen LogP contribution is 2.19. The first kappa shape index (κ1) is 10.8. The average molecular weight is 238 g/mol. The van der Waals surface area contributed by atoms with Crippen molar-refractivity contribution in [1.29, 1.82) is 0 Å². The van der Waals surface area contributed by atoms with Gasteiger partial charge in [0.05, 0.1) is 6.20 Å². The van der Waals surface area contributed by atoms with Gasteiger partial charge in [0.15, 0.2) is 0 Å². The summed E-state index contributed by atoms with van der Waals surface area (Å²) in [5.74, 6) is 0.447. The Bertz CT molecular complexity index is 496. The van der Waals surface area contributed by atoms with E-state index >= 15 is 0 Å². The van der Waals surface area contributed by atoms with Gasteiger partial charge in [-0.15, -0.1) is 5.10 Å². The van der Waals surface area contributed by atoms with Gasteiger partial charge in [-0.1, -0.05) is 23.7 Å². The van der Waals surface area contributed by atoms with E-state index < -0.39 is 0 Å². The summed E-state index contributed by atoms with van der Waals surface area (Å²) in [6.45, 7) is 0.405. The third kappa shape index (κ3) is 2.46. The molecule has 0 aliphatic heterocycles.